The molecular formula is C11H22N2O2. The number of carbonyl (C=O) groups is 1. The van der Waals surface area contributed by atoms with Gasteiger partial charge in [0.25, 0.3) is 0 Å². The van der Waals surface area contributed by atoms with Crippen molar-refractivity contribution in [1.82, 2.24) is 4.90 Å². The Hall–Kier alpha value is -0.610. The van der Waals surface area contributed by atoms with E-state index in [9.17, 15) is 9.90 Å². The van der Waals surface area contributed by atoms with Gasteiger partial charge in [-0.1, -0.05) is 13.3 Å². The zero-order chi connectivity index (χ0) is 11.3. The van der Waals surface area contributed by atoms with Crippen LogP contribution >= 0.6 is 0 Å². The fourth-order valence-corrected chi connectivity index (χ4v) is 1.91. The maximum atomic E-state index is 11.7. The standard InChI is InChI=1S/C11H22N2O2/c1-9-7-13(8-10(9)14)11(15)5-3-2-4-6-12/h9-10,14H,2-8,12H2,1H3. The molecule has 0 aromatic heterocycles. The lowest BCUT2D eigenvalue weighted by atomic mass is 10.1. The Morgan fingerprint density at radius 1 is 1.40 bits per heavy atom. The van der Waals surface area contributed by atoms with Crippen molar-refractivity contribution < 1.29 is 9.90 Å². The number of unbranched alkanes of at least 4 members (excludes halogenated alkanes) is 2. The molecule has 1 aliphatic heterocycles. The predicted molar refractivity (Wildman–Crippen MR) is 59.3 cm³/mol. The van der Waals surface area contributed by atoms with E-state index in [-0.39, 0.29) is 17.9 Å². The van der Waals surface area contributed by atoms with Crippen LogP contribution in [0.25, 0.3) is 0 Å². The molecule has 0 bridgehead atoms. The highest BCUT2D eigenvalue weighted by Gasteiger charge is 2.30. The third-order valence-electron chi connectivity index (χ3n) is 3.02. The number of aliphatic hydroxyl groups is 1. The normalized spacial score (nSPS) is 25.9. The lowest BCUT2D eigenvalue weighted by Crippen LogP contribution is -2.29. The first-order chi connectivity index (χ1) is 7.15. The summed E-state index contributed by atoms with van der Waals surface area (Å²) in [6.07, 6.45) is 3.19. The van der Waals surface area contributed by atoms with Crippen LogP contribution in [0.15, 0.2) is 0 Å². The second-order valence-electron chi connectivity index (χ2n) is 4.44. The maximum Gasteiger partial charge on any atom is 0.222 e. The molecule has 1 amide bonds. The van der Waals surface area contributed by atoms with Gasteiger partial charge in [-0.2, -0.15) is 0 Å². The van der Waals surface area contributed by atoms with Crippen molar-refractivity contribution in [3.63, 3.8) is 0 Å². The van der Waals surface area contributed by atoms with Gasteiger partial charge in [-0.15, -0.1) is 0 Å². The molecule has 1 fully saturated rings. The van der Waals surface area contributed by atoms with E-state index in [4.69, 9.17) is 5.73 Å². The van der Waals surface area contributed by atoms with Crippen LogP contribution in [0.4, 0.5) is 0 Å². The Balaban J connectivity index is 2.18. The third kappa shape index (κ3) is 3.80. The Labute approximate surface area is 91.4 Å². The smallest absolute Gasteiger partial charge is 0.222 e. The van der Waals surface area contributed by atoms with E-state index in [0.29, 0.717) is 26.1 Å². The summed E-state index contributed by atoms with van der Waals surface area (Å²) in [4.78, 5) is 13.5. The average molecular weight is 214 g/mol. The minimum Gasteiger partial charge on any atom is -0.391 e. The van der Waals surface area contributed by atoms with Crippen LogP contribution in [0.2, 0.25) is 0 Å². The number of amides is 1. The first-order valence-corrected chi connectivity index (χ1v) is 5.81. The van der Waals surface area contributed by atoms with Gasteiger partial charge in [-0.25, -0.2) is 0 Å². The van der Waals surface area contributed by atoms with E-state index in [0.717, 1.165) is 19.3 Å². The van der Waals surface area contributed by atoms with Gasteiger partial charge in [-0.05, 0) is 19.4 Å². The quantitative estimate of drug-likeness (QED) is 0.649. The van der Waals surface area contributed by atoms with Crippen molar-refractivity contribution in [3.05, 3.63) is 0 Å². The van der Waals surface area contributed by atoms with E-state index >= 15 is 0 Å². The van der Waals surface area contributed by atoms with Crippen LogP contribution in [-0.4, -0.2) is 41.7 Å². The second kappa shape index (κ2) is 6.08. The molecule has 2 unspecified atom stereocenters. The largest absolute Gasteiger partial charge is 0.391 e. The number of hydrogen-bond donors (Lipinski definition) is 2. The summed E-state index contributed by atoms with van der Waals surface area (Å²) in [6.45, 7) is 3.90. The summed E-state index contributed by atoms with van der Waals surface area (Å²) < 4.78 is 0. The van der Waals surface area contributed by atoms with Crippen molar-refractivity contribution in [2.24, 2.45) is 11.7 Å². The molecule has 0 saturated carbocycles. The van der Waals surface area contributed by atoms with Gasteiger partial charge in [0.1, 0.15) is 0 Å². The van der Waals surface area contributed by atoms with Crippen LogP contribution in [-0.2, 0) is 4.79 Å². The Kier molecular flexibility index (Phi) is 5.05. The molecule has 88 valence electrons. The molecule has 4 nitrogen and oxygen atoms in total. The molecule has 0 aliphatic carbocycles. The Bertz CT molecular complexity index is 199. The number of nitrogens with zero attached hydrogens (tertiary/aromatic N) is 1. The van der Waals surface area contributed by atoms with Gasteiger partial charge in [0.05, 0.1) is 6.10 Å². The Morgan fingerprint density at radius 3 is 2.67 bits per heavy atom. The molecule has 0 aromatic carbocycles. The summed E-state index contributed by atoms with van der Waals surface area (Å²) in [5.41, 5.74) is 5.38. The van der Waals surface area contributed by atoms with Gasteiger partial charge in [0.15, 0.2) is 0 Å². The summed E-state index contributed by atoms with van der Waals surface area (Å²) in [5.74, 6) is 0.397. The van der Waals surface area contributed by atoms with Crippen molar-refractivity contribution in [1.29, 1.82) is 0 Å². The molecule has 1 aliphatic rings. The van der Waals surface area contributed by atoms with E-state index in [1.54, 1.807) is 4.90 Å². The molecule has 0 radical (unpaired) electrons. The zero-order valence-corrected chi connectivity index (χ0v) is 9.48. The lowest BCUT2D eigenvalue weighted by molar-refractivity contribution is -0.130. The van der Waals surface area contributed by atoms with Crippen LogP contribution in [0, 0.1) is 5.92 Å². The second-order valence-corrected chi connectivity index (χ2v) is 4.44. The average Bonchev–Trinajstić information content (AvgIpc) is 2.54. The molecule has 1 heterocycles. The SMILES string of the molecule is CC1CN(C(=O)CCCCCN)CC1O. The van der Waals surface area contributed by atoms with Gasteiger partial charge in [-0.3, -0.25) is 4.79 Å². The van der Waals surface area contributed by atoms with Crippen molar-refractivity contribution in [3.8, 4) is 0 Å². The van der Waals surface area contributed by atoms with Gasteiger partial charge in [0, 0.05) is 25.4 Å². The molecule has 0 spiro atoms. The molecule has 1 saturated heterocycles. The maximum absolute atomic E-state index is 11.7. The van der Waals surface area contributed by atoms with Crippen molar-refractivity contribution >= 4 is 5.91 Å². The van der Waals surface area contributed by atoms with E-state index < -0.39 is 0 Å². The fourth-order valence-electron chi connectivity index (χ4n) is 1.91. The Morgan fingerprint density at radius 2 is 2.13 bits per heavy atom. The number of likely N-dealkylation sites (tertiary alicyclic amines) is 1. The number of aliphatic hydroxyl groups excluding tert-OH is 1. The number of rotatable bonds is 5. The monoisotopic (exact) mass is 214 g/mol. The van der Waals surface area contributed by atoms with Crippen molar-refractivity contribution in [2.45, 2.75) is 38.7 Å². The van der Waals surface area contributed by atoms with Crippen LogP contribution in [0.3, 0.4) is 0 Å². The molecular weight excluding hydrogens is 192 g/mol. The van der Waals surface area contributed by atoms with E-state index in [2.05, 4.69) is 0 Å². The number of hydrogen-bond acceptors (Lipinski definition) is 3. The molecule has 2 atom stereocenters. The van der Waals surface area contributed by atoms with Gasteiger partial charge < -0.3 is 15.7 Å². The van der Waals surface area contributed by atoms with E-state index in [1.165, 1.54) is 0 Å². The van der Waals surface area contributed by atoms with Crippen LogP contribution in [0.5, 0.6) is 0 Å². The molecule has 15 heavy (non-hydrogen) atoms. The summed E-state index contributed by atoms with van der Waals surface area (Å²) in [7, 11) is 0. The predicted octanol–water partition coefficient (Wildman–Crippen LogP) is 0.345. The summed E-state index contributed by atoms with van der Waals surface area (Å²) in [6, 6.07) is 0. The van der Waals surface area contributed by atoms with E-state index in [1.807, 2.05) is 6.92 Å². The molecule has 0 aromatic rings. The number of carbonyl (C=O) groups excluding carboxylic acids is 1. The van der Waals surface area contributed by atoms with Crippen LogP contribution in [0.1, 0.15) is 32.6 Å². The zero-order valence-electron chi connectivity index (χ0n) is 9.48. The first-order valence-electron chi connectivity index (χ1n) is 5.81. The minimum absolute atomic E-state index is 0.176. The summed E-state index contributed by atoms with van der Waals surface area (Å²) in [5, 5.41) is 9.52. The molecule has 4 heteroatoms. The molecule has 1 rings (SSSR count). The van der Waals surface area contributed by atoms with Gasteiger partial charge >= 0.3 is 0 Å². The topological polar surface area (TPSA) is 66.6 Å². The summed E-state index contributed by atoms with van der Waals surface area (Å²) >= 11 is 0. The lowest BCUT2D eigenvalue weighted by Gasteiger charge is -2.15. The third-order valence-corrected chi connectivity index (χ3v) is 3.02. The molecule has 3 N–H and O–H groups in total. The fraction of sp³-hybridized carbons (Fsp3) is 0.909. The van der Waals surface area contributed by atoms with Crippen molar-refractivity contribution in [2.75, 3.05) is 19.6 Å². The highest BCUT2D eigenvalue weighted by molar-refractivity contribution is 5.76. The van der Waals surface area contributed by atoms with Crippen LogP contribution < -0.4 is 5.73 Å². The van der Waals surface area contributed by atoms with Gasteiger partial charge in [0.2, 0.25) is 5.91 Å². The number of β-amino-alcohol motifs (C(OH)–C–C–N with tert-alkyl or cyclic N) is 1. The highest BCUT2D eigenvalue weighted by atomic mass is 16.3. The number of nitrogens with two attached hydrogens (primary N) is 1. The minimum atomic E-state index is -0.335. The first kappa shape index (κ1) is 12.5. The highest BCUT2D eigenvalue weighted by Crippen LogP contribution is 2.17.